The molecule has 0 spiro atoms. The molecule has 4 nitrogen and oxygen atoms in total. The number of benzene rings is 2. The molecule has 0 aliphatic heterocycles. The molecular formula is C20H19F2NO3. The average Bonchev–Trinajstić information content (AvgIpc) is 2.52. The van der Waals surface area contributed by atoms with E-state index < -0.39 is 23.3 Å². The first-order chi connectivity index (χ1) is 12.5. The second kappa shape index (κ2) is 7.64. The van der Waals surface area contributed by atoms with Gasteiger partial charge in [0.1, 0.15) is 11.6 Å². The lowest BCUT2D eigenvalue weighted by Gasteiger charge is -2.34. The molecule has 3 rings (SSSR count). The van der Waals surface area contributed by atoms with Crippen LogP contribution >= 0.6 is 0 Å². The Balaban J connectivity index is 1.79. The van der Waals surface area contributed by atoms with Crippen molar-refractivity contribution < 1.29 is 23.5 Å². The molecule has 6 heteroatoms. The molecule has 1 aliphatic rings. The number of carboxylic acid groups (broad SMARTS) is 1. The Morgan fingerprint density at radius 1 is 1.15 bits per heavy atom. The van der Waals surface area contributed by atoms with E-state index in [-0.39, 0.29) is 29.8 Å². The lowest BCUT2D eigenvalue weighted by Crippen LogP contribution is -2.37. The molecule has 136 valence electrons. The minimum atomic E-state index is -1.41. The van der Waals surface area contributed by atoms with Crippen LogP contribution in [0, 0.1) is 17.6 Å². The van der Waals surface area contributed by atoms with Gasteiger partial charge in [-0.2, -0.15) is 0 Å². The molecule has 1 amide bonds. The molecule has 26 heavy (non-hydrogen) atoms. The van der Waals surface area contributed by atoms with Gasteiger partial charge < -0.3 is 10.4 Å². The second-order valence-electron chi connectivity index (χ2n) is 6.55. The summed E-state index contributed by atoms with van der Waals surface area (Å²) in [7, 11) is 0. The number of hydrogen-bond donors (Lipinski definition) is 2. The van der Waals surface area contributed by atoms with Crippen LogP contribution in [0.4, 0.5) is 8.78 Å². The summed E-state index contributed by atoms with van der Waals surface area (Å²) in [5.41, 5.74) is 0.302. The highest BCUT2D eigenvalue weighted by atomic mass is 19.1. The molecule has 1 aliphatic carbocycles. The number of halogens is 2. The van der Waals surface area contributed by atoms with E-state index in [0.717, 1.165) is 25.3 Å². The molecule has 1 atom stereocenters. The van der Waals surface area contributed by atoms with Crippen molar-refractivity contribution in [3.63, 3.8) is 0 Å². The number of nitrogens with one attached hydrogen (secondary N) is 1. The second-order valence-corrected chi connectivity index (χ2v) is 6.55. The number of rotatable bonds is 6. The Morgan fingerprint density at radius 3 is 2.50 bits per heavy atom. The van der Waals surface area contributed by atoms with Crippen molar-refractivity contribution in [1.82, 2.24) is 5.32 Å². The zero-order valence-electron chi connectivity index (χ0n) is 14.0. The van der Waals surface area contributed by atoms with Crippen molar-refractivity contribution in [2.75, 3.05) is 0 Å². The zero-order valence-corrected chi connectivity index (χ0v) is 14.0. The predicted octanol–water partition coefficient (Wildman–Crippen LogP) is 3.86. The molecule has 0 aromatic heterocycles. The standard InChI is InChI=1S/C20H19F2NO3/c21-15-8-2-7-14(10-15)19(12-4-1-5-12)23-17(24)11-13-6-3-9-16(22)18(13)20(25)26/h2-3,6-10,12,19H,1,4-5,11H2,(H,23,24)(H,25,26)/t19-/m0/s1. The van der Waals surface area contributed by atoms with Gasteiger partial charge in [0.05, 0.1) is 18.0 Å². The highest BCUT2D eigenvalue weighted by molar-refractivity contribution is 5.92. The summed E-state index contributed by atoms with van der Waals surface area (Å²) >= 11 is 0. The lowest BCUT2D eigenvalue weighted by molar-refractivity contribution is -0.121. The van der Waals surface area contributed by atoms with Gasteiger partial charge in [-0.05, 0) is 48.1 Å². The third kappa shape index (κ3) is 3.90. The van der Waals surface area contributed by atoms with Crippen LogP contribution < -0.4 is 5.32 Å². The van der Waals surface area contributed by atoms with Crippen molar-refractivity contribution in [1.29, 1.82) is 0 Å². The van der Waals surface area contributed by atoms with E-state index >= 15 is 0 Å². The van der Waals surface area contributed by atoms with Gasteiger partial charge in [-0.3, -0.25) is 4.79 Å². The van der Waals surface area contributed by atoms with Gasteiger partial charge in [-0.25, -0.2) is 13.6 Å². The maximum atomic E-state index is 13.8. The molecule has 0 bridgehead atoms. The monoisotopic (exact) mass is 359 g/mol. The fourth-order valence-corrected chi connectivity index (χ4v) is 3.30. The molecule has 2 aromatic carbocycles. The Hall–Kier alpha value is -2.76. The fraction of sp³-hybridized carbons (Fsp3) is 0.300. The van der Waals surface area contributed by atoms with Crippen LogP contribution in [0.15, 0.2) is 42.5 Å². The first-order valence-electron chi connectivity index (χ1n) is 8.51. The van der Waals surface area contributed by atoms with Crippen molar-refractivity contribution in [3.8, 4) is 0 Å². The number of amides is 1. The minimum absolute atomic E-state index is 0.113. The summed E-state index contributed by atoms with van der Waals surface area (Å²) < 4.78 is 27.3. The Bertz CT molecular complexity index is 834. The number of aromatic carboxylic acids is 1. The van der Waals surface area contributed by atoms with Crippen LogP contribution in [0.5, 0.6) is 0 Å². The number of carboxylic acids is 1. The normalized spacial score (nSPS) is 15.2. The van der Waals surface area contributed by atoms with Crippen LogP contribution in [-0.4, -0.2) is 17.0 Å². The fourth-order valence-electron chi connectivity index (χ4n) is 3.30. The largest absolute Gasteiger partial charge is 0.478 e. The summed E-state index contributed by atoms with van der Waals surface area (Å²) in [5, 5.41) is 12.0. The first kappa shape index (κ1) is 18.0. The maximum absolute atomic E-state index is 13.8. The van der Waals surface area contributed by atoms with Gasteiger partial charge in [0.25, 0.3) is 0 Å². The Morgan fingerprint density at radius 2 is 1.88 bits per heavy atom. The number of hydrogen-bond acceptors (Lipinski definition) is 2. The Labute approximate surface area is 149 Å². The SMILES string of the molecule is O=C(Cc1cccc(F)c1C(=O)O)N[C@H](c1cccc(F)c1)C1CCC1. The van der Waals surface area contributed by atoms with Crippen LogP contribution in [0.3, 0.4) is 0 Å². The molecule has 2 N–H and O–H groups in total. The van der Waals surface area contributed by atoms with E-state index in [2.05, 4.69) is 5.32 Å². The third-order valence-corrected chi connectivity index (χ3v) is 4.81. The minimum Gasteiger partial charge on any atom is -0.478 e. The summed E-state index contributed by atoms with van der Waals surface area (Å²) in [6.07, 6.45) is 2.67. The highest BCUT2D eigenvalue weighted by Crippen LogP contribution is 2.38. The van der Waals surface area contributed by atoms with Gasteiger partial charge in [0.2, 0.25) is 5.91 Å². The number of carbonyl (C=O) groups excluding carboxylic acids is 1. The quantitative estimate of drug-likeness (QED) is 0.823. The molecule has 0 heterocycles. The molecule has 0 unspecified atom stereocenters. The molecule has 1 saturated carbocycles. The van der Waals surface area contributed by atoms with E-state index in [1.54, 1.807) is 12.1 Å². The van der Waals surface area contributed by atoms with Crippen LogP contribution in [0.1, 0.15) is 46.8 Å². The van der Waals surface area contributed by atoms with E-state index in [1.807, 2.05) is 0 Å². The van der Waals surface area contributed by atoms with E-state index in [9.17, 15) is 23.5 Å². The van der Waals surface area contributed by atoms with Crippen LogP contribution in [0.2, 0.25) is 0 Å². The highest BCUT2D eigenvalue weighted by Gasteiger charge is 2.30. The predicted molar refractivity (Wildman–Crippen MR) is 91.7 cm³/mol. The molecule has 0 radical (unpaired) electrons. The van der Waals surface area contributed by atoms with Gasteiger partial charge in [-0.15, -0.1) is 0 Å². The molecule has 2 aromatic rings. The lowest BCUT2D eigenvalue weighted by atomic mass is 9.77. The van der Waals surface area contributed by atoms with Crippen molar-refractivity contribution in [3.05, 3.63) is 70.8 Å². The van der Waals surface area contributed by atoms with Gasteiger partial charge in [0.15, 0.2) is 0 Å². The number of carbonyl (C=O) groups is 2. The van der Waals surface area contributed by atoms with Crippen LogP contribution in [0.25, 0.3) is 0 Å². The summed E-state index contributed by atoms with van der Waals surface area (Å²) in [6, 6.07) is 9.61. The third-order valence-electron chi connectivity index (χ3n) is 4.81. The maximum Gasteiger partial charge on any atom is 0.338 e. The topological polar surface area (TPSA) is 66.4 Å². The van der Waals surface area contributed by atoms with Crippen molar-refractivity contribution >= 4 is 11.9 Å². The Kier molecular flexibility index (Phi) is 5.30. The van der Waals surface area contributed by atoms with Gasteiger partial charge in [0, 0.05) is 0 Å². The molecule has 1 fully saturated rings. The van der Waals surface area contributed by atoms with Gasteiger partial charge >= 0.3 is 5.97 Å². The van der Waals surface area contributed by atoms with E-state index in [4.69, 9.17) is 0 Å². The van der Waals surface area contributed by atoms with Crippen molar-refractivity contribution in [2.24, 2.45) is 5.92 Å². The molecule has 0 saturated heterocycles. The van der Waals surface area contributed by atoms with Gasteiger partial charge in [-0.1, -0.05) is 30.7 Å². The summed E-state index contributed by atoms with van der Waals surface area (Å²) in [5.74, 6) is -2.86. The first-order valence-corrected chi connectivity index (χ1v) is 8.51. The smallest absolute Gasteiger partial charge is 0.338 e. The summed E-state index contributed by atoms with van der Waals surface area (Å²) in [6.45, 7) is 0. The van der Waals surface area contributed by atoms with Crippen molar-refractivity contribution in [2.45, 2.75) is 31.7 Å². The van der Waals surface area contributed by atoms with Crippen LogP contribution in [-0.2, 0) is 11.2 Å². The summed E-state index contributed by atoms with van der Waals surface area (Å²) in [4.78, 5) is 23.7. The zero-order chi connectivity index (χ0) is 18.7. The van der Waals surface area contributed by atoms with E-state index in [1.165, 1.54) is 24.3 Å². The molecular weight excluding hydrogens is 340 g/mol. The van der Waals surface area contributed by atoms with E-state index in [0.29, 0.717) is 5.56 Å². The average molecular weight is 359 g/mol.